The van der Waals surface area contributed by atoms with Gasteiger partial charge in [0.1, 0.15) is 0 Å². The van der Waals surface area contributed by atoms with E-state index in [0.29, 0.717) is 12.1 Å². The zero-order chi connectivity index (χ0) is 10.6. The third-order valence-corrected chi connectivity index (χ3v) is 1.77. The Bertz CT molecular complexity index is 306. The van der Waals surface area contributed by atoms with Crippen molar-refractivity contribution >= 4 is 11.6 Å². The van der Waals surface area contributed by atoms with E-state index < -0.39 is 12.0 Å². The van der Waals surface area contributed by atoms with Crippen molar-refractivity contribution < 1.29 is 9.90 Å². The molecule has 14 heavy (non-hydrogen) atoms. The van der Waals surface area contributed by atoms with Gasteiger partial charge in [-0.05, 0) is 31.2 Å². The molecule has 4 nitrogen and oxygen atoms in total. The molecule has 0 unspecified atom stereocenters. The summed E-state index contributed by atoms with van der Waals surface area (Å²) in [6.07, 6.45) is -0.397. The minimum absolute atomic E-state index is 0.397. The molecule has 0 aromatic heterocycles. The lowest BCUT2D eigenvalue weighted by atomic mass is 10.2. The normalized spacial score (nSPS) is 12.1. The summed E-state index contributed by atoms with van der Waals surface area (Å²) in [6, 6.07) is 6.80. The molecule has 0 heterocycles. The Morgan fingerprint density at radius 2 is 2.07 bits per heavy atom. The Morgan fingerprint density at radius 3 is 2.50 bits per heavy atom. The molecule has 0 radical (unpaired) electrons. The standard InChI is InChI=1S/C10H14N2O2/c1-7(13)6-12-9-4-2-8(3-5-9)10(11)14/h2-5,7,12-13H,6H2,1H3,(H2,11,14)/t7-/m0/s1. The van der Waals surface area contributed by atoms with Crippen molar-refractivity contribution in [3.8, 4) is 0 Å². The van der Waals surface area contributed by atoms with Gasteiger partial charge in [-0.2, -0.15) is 0 Å². The number of amides is 1. The first-order valence-corrected chi connectivity index (χ1v) is 4.41. The van der Waals surface area contributed by atoms with Crippen LogP contribution in [-0.2, 0) is 0 Å². The number of hydrogen-bond acceptors (Lipinski definition) is 3. The van der Waals surface area contributed by atoms with Crippen LogP contribution in [0.1, 0.15) is 17.3 Å². The van der Waals surface area contributed by atoms with Crippen molar-refractivity contribution in [2.24, 2.45) is 5.73 Å². The van der Waals surface area contributed by atoms with Crippen LogP contribution in [0.25, 0.3) is 0 Å². The highest BCUT2D eigenvalue weighted by Gasteiger charge is 1.99. The number of primary amides is 1. The smallest absolute Gasteiger partial charge is 0.248 e. The molecule has 0 spiro atoms. The largest absolute Gasteiger partial charge is 0.392 e. The minimum Gasteiger partial charge on any atom is -0.392 e. The van der Waals surface area contributed by atoms with Gasteiger partial charge in [-0.3, -0.25) is 4.79 Å². The van der Waals surface area contributed by atoms with Crippen LogP contribution < -0.4 is 11.1 Å². The molecule has 1 amide bonds. The summed E-state index contributed by atoms with van der Waals surface area (Å²) in [5.41, 5.74) is 6.42. The Hall–Kier alpha value is -1.55. The van der Waals surface area contributed by atoms with Crippen molar-refractivity contribution in [1.82, 2.24) is 0 Å². The molecule has 4 N–H and O–H groups in total. The maximum Gasteiger partial charge on any atom is 0.248 e. The number of rotatable bonds is 4. The third kappa shape index (κ3) is 3.06. The van der Waals surface area contributed by atoms with Crippen LogP contribution in [0.5, 0.6) is 0 Å². The van der Waals surface area contributed by atoms with Gasteiger partial charge in [0.05, 0.1) is 6.10 Å². The topological polar surface area (TPSA) is 75.3 Å². The zero-order valence-electron chi connectivity index (χ0n) is 8.03. The Balaban J connectivity index is 2.60. The van der Waals surface area contributed by atoms with Gasteiger partial charge in [0, 0.05) is 17.8 Å². The van der Waals surface area contributed by atoms with E-state index in [4.69, 9.17) is 10.8 Å². The first-order chi connectivity index (χ1) is 6.59. The SMILES string of the molecule is C[C@H](O)CNc1ccc(C(N)=O)cc1. The van der Waals surface area contributed by atoms with Gasteiger partial charge in [0.25, 0.3) is 0 Å². The van der Waals surface area contributed by atoms with Crippen LogP contribution in [0.2, 0.25) is 0 Å². The van der Waals surface area contributed by atoms with E-state index in [1.54, 1.807) is 31.2 Å². The highest BCUT2D eigenvalue weighted by molar-refractivity contribution is 5.93. The molecular formula is C10H14N2O2. The van der Waals surface area contributed by atoms with E-state index >= 15 is 0 Å². The molecular weight excluding hydrogens is 180 g/mol. The number of carbonyl (C=O) groups is 1. The number of benzene rings is 1. The molecule has 0 aliphatic rings. The summed E-state index contributed by atoms with van der Waals surface area (Å²) in [7, 11) is 0. The quantitative estimate of drug-likeness (QED) is 0.656. The molecule has 0 aliphatic heterocycles. The van der Waals surface area contributed by atoms with E-state index in [9.17, 15) is 4.79 Å². The molecule has 1 atom stereocenters. The van der Waals surface area contributed by atoms with E-state index in [1.165, 1.54) is 0 Å². The second kappa shape index (κ2) is 4.62. The summed E-state index contributed by atoms with van der Waals surface area (Å²) in [6.45, 7) is 2.18. The third-order valence-electron chi connectivity index (χ3n) is 1.77. The first-order valence-electron chi connectivity index (χ1n) is 4.41. The van der Waals surface area contributed by atoms with Crippen LogP contribution >= 0.6 is 0 Å². The van der Waals surface area contributed by atoms with Gasteiger partial charge in [-0.25, -0.2) is 0 Å². The number of anilines is 1. The lowest BCUT2D eigenvalue weighted by Gasteiger charge is -2.08. The second-order valence-corrected chi connectivity index (χ2v) is 3.17. The van der Waals surface area contributed by atoms with Crippen molar-refractivity contribution in [1.29, 1.82) is 0 Å². The molecule has 0 fully saturated rings. The minimum atomic E-state index is -0.438. The van der Waals surface area contributed by atoms with Crippen LogP contribution in [-0.4, -0.2) is 23.7 Å². The van der Waals surface area contributed by atoms with Gasteiger partial charge in [-0.1, -0.05) is 0 Å². The Morgan fingerprint density at radius 1 is 1.50 bits per heavy atom. The highest BCUT2D eigenvalue weighted by atomic mass is 16.3. The van der Waals surface area contributed by atoms with Crippen LogP contribution in [0.4, 0.5) is 5.69 Å². The molecule has 0 saturated carbocycles. The number of nitrogens with one attached hydrogen (secondary N) is 1. The Labute approximate surface area is 82.7 Å². The summed E-state index contributed by atoms with van der Waals surface area (Å²) < 4.78 is 0. The van der Waals surface area contributed by atoms with Crippen molar-refractivity contribution in [2.75, 3.05) is 11.9 Å². The van der Waals surface area contributed by atoms with Crippen LogP contribution in [0.15, 0.2) is 24.3 Å². The van der Waals surface area contributed by atoms with Gasteiger partial charge in [0.2, 0.25) is 5.91 Å². The molecule has 1 rings (SSSR count). The number of hydrogen-bond donors (Lipinski definition) is 3. The fourth-order valence-corrected chi connectivity index (χ4v) is 1.02. The van der Waals surface area contributed by atoms with Gasteiger partial charge >= 0.3 is 0 Å². The van der Waals surface area contributed by atoms with Gasteiger partial charge in [0.15, 0.2) is 0 Å². The number of nitrogens with two attached hydrogens (primary N) is 1. The molecule has 1 aromatic carbocycles. The van der Waals surface area contributed by atoms with Crippen LogP contribution in [0, 0.1) is 0 Å². The van der Waals surface area contributed by atoms with Crippen molar-refractivity contribution in [3.63, 3.8) is 0 Å². The van der Waals surface area contributed by atoms with Crippen LogP contribution in [0.3, 0.4) is 0 Å². The van der Waals surface area contributed by atoms with Gasteiger partial charge < -0.3 is 16.2 Å². The predicted octanol–water partition coefficient (Wildman–Crippen LogP) is 0.578. The summed E-state index contributed by atoms with van der Waals surface area (Å²) >= 11 is 0. The van der Waals surface area contributed by atoms with E-state index in [2.05, 4.69) is 5.32 Å². The monoisotopic (exact) mass is 194 g/mol. The molecule has 76 valence electrons. The lowest BCUT2D eigenvalue weighted by Crippen LogP contribution is -2.15. The second-order valence-electron chi connectivity index (χ2n) is 3.17. The first kappa shape index (κ1) is 10.5. The zero-order valence-corrected chi connectivity index (χ0v) is 8.03. The molecule has 0 aliphatic carbocycles. The average molecular weight is 194 g/mol. The van der Waals surface area contributed by atoms with Crippen molar-refractivity contribution in [3.05, 3.63) is 29.8 Å². The predicted molar refractivity (Wildman–Crippen MR) is 55.1 cm³/mol. The summed E-state index contributed by atoms with van der Waals surface area (Å²) in [5, 5.41) is 12.0. The maximum absolute atomic E-state index is 10.7. The maximum atomic E-state index is 10.7. The fraction of sp³-hybridized carbons (Fsp3) is 0.300. The average Bonchev–Trinajstić information content (AvgIpc) is 2.15. The molecule has 0 saturated heterocycles. The molecule has 0 bridgehead atoms. The van der Waals surface area contributed by atoms with E-state index in [0.717, 1.165) is 5.69 Å². The summed E-state index contributed by atoms with van der Waals surface area (Å²) in [5.74, 6) is -0.438. The van der Waals surface area contributed by atoms with Crippen molar-refractivity contribution in [2.45, 2.75) is 13.0 Å². The number of aliphatic hydroxyl groups is 1. The van der Waals surface area contributed by atoms with E-state index in [1.807, 2.05) is 0 Å². The molecule has 1 aromatic rings. The summed E-state index contributed by atoms with van der Waals surface area (Å²) in [4.78, 5) is 10.7. The van der Waals surface area contributed by atoms with Gasteiger partial charge in [-0.15, -0.1) is 0 Å². The Kier molecular flexibility index (Phi) is 3.48. The number of carbonyl (C=O) groups excluding carboxylic acids is 1. The highest BCUT2D eigenvalue weighted by Crippen LogP contribution is 2.08. The van der Waals surface area contributed by atoms with E-state index in [-0.39, 0.29) is 0 Å². The lowest BCUT2D eigenvalue weighted by molar-refractivity contribution is 0.100. The molecule has 4 heteroatoms. The fourth-order valence-electron chi connectivity index (χ4n) is 1.02. The number of aliphatic hydroxyl groups excluding tert-OH is 1.